The van der Waals surface area contributed by atoms with Crippen LogP contribution in [-0.2, 0) is 15.9 Å². The number of hydrogen-bond acceptors (Lipinski definition) is 4. The van der Waals surface area contributed by atoms with Gasteiger partial charge in [-0.05, 0) is 61.4 Å². The van der Waals surface area contributed by atoms with E-state index in [1.165, 1.54) is 16.7 Å². The maximum Gasteiger partial charge on any atom is 0.410 e. The molecule has 1 saturated carbocycles. The predicted molar refractivity (Wildman–Crippen MR) is 100 cm³/mol. The highest BCUT2D eigenvalue weighted by Gasteiger charge is 2.51. The number of rotatable bonds is 2. The van der Waals surface area contributed by atoms with E-state index < -0.39 is 0 Å². The first-order valence-electron chi connectivity index (χ1n) is 10.4. The summed E-state index contributed by atoms with van der Waals surface area (Å²) in [6.45, 7) is 3.94. The lowest BCUT2D eigenvalue weighted by Gasteiger charge is -2.45. The van der Waals surface area contributed by atoms with Gasteiger partial charge in [-0.2, -0.15) is 0 Å². The van der Waals surface area contributed by atoms with E-state index in [-0.39, 0.29) is 18.2 Å². The lowest BCUT2D eigenvalue weighted by molar-refractivity contribution is -0.0465. The van der Waals surface area contributed by atoms with Crippen molar-refractivity contribution in [2.24, 2.45) is 11.8 Å². The fourth-order valence-electron chi connectivity index (χ4n) is 5.56. The van der Waals surface area contributed by atoms with Gasteiger partial charge in [0.1, 0.15) is 12.2 Å². The van der Waals surface area contributed by atoms with Crippen LogP contribution in [0.5, 0.6) is 0 Å². The van der Waals surface area contributed by atoms with Gasteiger partial charge in [0, 0.05) is 19.0 Å². The van der Waals surface area contributed by atoms with Crippen LogP contribution >= 0.6 is 0 Å². The van der Waals surface area contributed by atoms with Gasteiger partial charge >= 0.3 is 6.09 Å². The fourth-order valence-corrected chi connectivity index (χ4v) is 5.56. The Balaban J connectivity index is 1.28. The van der Waals surface area contributed by atoms with Gasteiger partial charge < -0.3 is 9.47 Å². The Hall–Kier alpha value is -2.01. The summed E-state index contributed by atoms with van der Waals surface area (Å²) in [5, 5.41) is 0. The quantitative estimate of drug-likeness (QED) is 0.807. The zero-order valence-electron chi connectivity index (χ0n) is 15.5. The van der Waals surface area contributed by atoms with E-state index in [0.717, 1.165) is 51.9 Å². The molecule has 5 nitrogen and oxygen atoms in total. The molecule has 142 valence electrons. The second-order valence-electron chi connectivity index (χ2n) is 8.74. The molecule has 1 aromatic rings. The van der Waals surface area contributed by atoms with Gasteiger partial charge in [0.05, 0.1) is 12.3 Å². The smallest absolute Gasteiger partial charge is 0.410 e. The molecular formula is C22H26N2O3. The van der Waals surface area contributed by atoms with Crippen LogP contribution in [0.4, 0.5) is 4.79 Å². The number of nitrogens with zero attached hydrogens (tertiary/aromatic N) is 2. The fraction of sp³-hybridized carbons (Fsp3) is 0.591. The molecule has 7 rings (SSSR count). The van der Waals surface area contributed by atoms with Crippen LogP contribution in [0.3, 0.4) is 0 Å². The standard InChI is InChI=1S/C22H26N2O3/c25-22(27-20-12-23-8-5-15(20)6-9-23)24-10-7-14-3-1-2-4-16(14)21(24)18-13-26-19-11-17(18)19/h1-4,13,15,17,19-21H,5-12H2/t17?,19?,20-,21-/m1/s1. The normalized spacial score (nSPS) is 38.5. The molecule has 0 N–H and O–H groups in total. The third kappa shape index (κ3) is 2.59. The molecule has 5 heteroatoms. The zero-order chi connectivity index (χ0) is 18.0. The first-order chi connectivity index (χ1) is 13.3. The van der Waals surface area contributed by atoms with E-state index in [0.29, 0.717) is 17.9 Å². The molecule has 4 atom stereocenters. The summed E-state index contributed by atoms with van der Waals surface area (Å²) in [4.78, 5) is 17.7. The molecule has 27 heavy (non-hydrogen) atoms. The van der Waals surface area contributed by atoms with Crippen LogP contribution in [0.15, 0.2) is 36.1 Å². The largest absolute Gasteiger partial charge is 0.497 e. The van der Waals surface area contributed by atoms with E-state index in [1.807, 2.05) is 11.2 Å². The lowest BCUT2D eigenvalue weighted by atomic mass is 9.85. The SMILES string of the molecule is O=C(O[C@@H]1CN2CCC1CC2)N1CCc2ccccc2[C@@H]1C1=COC2CC12. The average Bonchev–Trinajstić information content (AvgIpc) is 3.38. The van der Waals surface area contributed by atoms with Crippen LogP contribution in [0.1, 0.15) is 36.4 Å². The minimum absolute atomic E-state index is 0.0268. The minimum atomic E-state index is -0.141. The monoisotopic (exact) mass is 366 g/mol. The average molecular weight is 366 g/mol. The van der Waals surface area contributed by atoms with E-state index in [2.05, 4.69) is 29.2 Å². The van der Waals surface area contributed by atoms with Crippen molar-refractivity contribution in [2.45, 2.75) is 43.9 Å². The number of piperidine rings is 3. The molecular weight excluding hydrogens is 340 g/mol. The number of hydrogen-bond donors (Lipinski definition) is 0. The van der Waals surface area contributed by atoms with Crippen LogP contribution in [-0.4, -0.2) is 54.3 Å². The summed E-state index contributed by atoms with van der Waals surface area (Å²) in [6.07, 6.45) is 6.48. The van der Waals surface area contributed by atoms with Crippen molar-refractivity contribution >= 4 is 6.09 Å². The van der Waals surface area contributed by atoms with Crippen molar-refractivity contribution in [3.63, 3.8) is 0 Å². The highest BCUT2D eigenvalue weighted by Crippen LogP contribution is 2.52. The number of carbonyl (C=O) groups is 1. The minimum Gasteiger partial charge on any atom is -0.497 e. The molecule has 4 fully saturated rings. The molecule has 0 spiro atoms. The topological polar surface area (TPSA) is 42.0 Å². The van der Waals surface area contributed by atoms with Crippen molar-refractivity contribution < 1.29 is 14.3 Å². The summed E-state index contributed by atoms with van der Waals surface area (Å²) in [6, 6.07) is 8.51. The zero-order valence-corrected chi connectivity index (χ0v) is 15.5. The maximum absolute atomic E-state index is 13.3. The Morgan fingerprint density at radius 1 is 1.15 bits per heavy atom. The number of amides is 1. The van der Waals surface area contributed by atoms with Gasteiger partial charge in [0.15, 0.2) is 0 Å². The van der Waals surface area contributed by atoms with Crippen molar-refractivity contribution in [2.75, 3.05) is 26.2 Å². The summed E-state index contributed by atoms with van der Waals surface area (Å²) in [7, 11) is 0. The number of benzene rings is 1. The summed E-state index contributed by atoms with van der Waals surface area (Å²) < 4.78 is 11.9. The van der Waals surface area contributed by atoms with Gasteiger partial charge in [-0.25, -0.2) is 4.79 Å². The number of ether oxygens (including phenoxy) is 2. The third-order valence-electron chi connectivity index (χ3n) is 7.22. The van der Waals surface area contributed by atoms with E-state index in [1.54, 1.807) is 0 Å². The maximum atomic E-state index is 13.3. The van der Waals surface area contributed by atoms with Crippen molar-refractivity contribution in [3.8, 4) is 0 Å². The molecule has 6 aliphatic rings. The molecule has 2 bridgehead atoms. The Bertz CT molecular complexity index is 799. The highest BCUT2D eigenvalue weighted by molar-refractivity contribution is 5.70. The molecule has 1 aliphatic carbocycles. The lowest BCUT2D eigenvalue weighted by Crippen LogP contribution is -2.53. The van der Waals surface area contributed by atoms with Gasteiger partial charge in [-0.15, -0.1) is 0 Å². The van der Waals surface area contributed by atoms with E-state index in [4.69, 9.17) is 9.47 Å². The van der Waals surface area contributed by atoms with E-state index in [9.17, 15) is 4.79 Å². The molecule has 5 heterocycles. The highest BCUT2D eigenvalue weighted by atomic mass is 16.6. The second-order valence-corrected chi connectivity index (χ2v) is 8.74. The van der Waals surface area contributed by atoms with Crippen LogP contribution in [0, 0.1) is 11.8 Å². The van der Waals surface area contributed by atoms with Crippen molar-refractivity contribution in [1.29, 1.82) is 0 Å². The third-order valence-corrected chi connectivity index (χ3v) is 7.22. The summed E-state index contributed by atoms with van der Waals surface area (Å²) >= 11 is 0. The molecule has 0 radical (unpaired) electrons. The Morgan fingerprint density at radius 3 is 2.70 bits per heavy atom. The first kappa shape index (κ1) is 16.0. The van der Waals surface area contributed by atoms with Gasteiger partial charge in [0.2, 0.25) is 0 Å². The van der Waals surface area contributed by atoms with Gasteiger partial charge in [-0.1, -0.05) is 24.3 Å². The van der Waals surface area contributed by atoms with Crippen molar-refractivity contribution in [3.05, 3.63) is 47.2 Å². The summed E-state index contributed by atoms with van der Waals surface area (Å²) in [5.41, 5.74) is 3.86. The molecule has 2 unspecified atom stereocenters. The molecule has 5 aliphatic heterocycles. The second kappa shape index (κ2) is 5.99. The number of carbonyl (C=O) groups excluding carboxylic acids is 1. The molecule has 1 aromatic carbocycles. The van der Waals surface area contributed by atoms with Gasteiger partial charge in [-0.3, -0.25) is 9.80 Å². The van der Waals surface area contributed by atoms with Crippen LogP contribution < -0.4 is 0 Å². The number of fused-ring (bicyclic) bond motifs is 5. The Kier molecular flexibility index (Phi) is 3.55. The van der Waals surface area contributed by atoms with Gasteiger partial charge in [0.25, 0.3) is 0 Å². The van der Waals surface area contributed by atoms with E-state index >= 15 is 0 Å². The van der Waals surface area contributed by atoms with Crippen LogP contribution in [0.25, 0.3) is 0 Å². The summed E-state index contributed by atoms with van der Waals surface area (Å²) in [5.74, 6) is 1.02. The first-order valence-corrected chi connectivity index (χ1v) is 10.4. The Labute approximate surface area is 159 Å². The molecule has 3 saturated heterocycles. The van der Waals surface area contributed by atoms with Crippen LogP contribution in [0.2, 0.25) is 0 Å². The van der Waals surface area contributed by atoms with Crippen molar-refractivity contribution in [1.82, 2.24) is 9.80 Å². The predicted octanol–water partition coefficient (Wildman–Crippen LogP) is 3.12. The molecule has 0 aromatic heterocycles. The molecule has 1 amide bonds. The Morgan fingerprint density at radius 2 is 2.00 bits per heavy atom.